The van der Waals surface area contributed by atoms with Crippen molar-refractivity contribution in [3.63, 3.8) is 0 Å². The molecule has 1 heterocycles. The van der Waals surface area contributed by atoms with Gasteiger partial charge in [0.1, 0.15) is 0 Å². The van der Waals surface area contributed by atoms with Crippen LogP contribution >= 0.6 is 24.0 Å². The van der Waals surface area contributed by atoms with Crippen molar-refractivity contribution in [3.05, 3.63) is 29.3 Å². The molecule has 1 aliphatic rings. The average molecular weight is 275 g/mol. The molecule has 0 bridgehead atoms. The van der Waals surface area contributed by atoms with Crippen LogP contribution in [-0.2, 0) is 4.79 Å². The molecule has 0 aliphatic carbocycles. The highest BCUT2D eigenvalue weighted by Gasteiger charge is 2.20. The summed E-state index contributed by atoms with van der Waals surface area (Å²) in [6, 6.07) is 7.14. The van der Waals surface area contributed by atoms with Gasteiger partial charge in [0.15, 0.2) is 0 Å². The molecule has 2 rings (SSSR count). The maximum Gasteiger partial charge on any atom is 0.241 e. The Balaban J connectivity index is 0.00000144. The molecule has 1 aromatic rings. The van der Waals surface area contributed by atoms with Gasteiger partial charge in [-0.3, -0.25) is 4.79 Å². The number of hydrogen-bond donors (Lipinski definition) is 2. The Hall–Kier alpha value is -0.770. The lowest BCUT2D eigenvalue weighted by molar-refractivity contribution is -0.118. The summed E-state index contributed by atoms with van der Waals surface area (Å²) in [5.74, 6) is 0.0296. The first-order valence-electron chi connectivity index (χ1n) is 5.55. The Morgan fingerprint density at radius 2 is 2.24 bits per heavy atom. The van der Waals surface area contributed by atoms with Crippen LogP contribution < -0.4 is 10.6 Å². The van der Waals surface area contributed by atoms with Crippen molar-refractivity contribution in [1.29, 1.82) is 0 Å². The average Bonchev–Trinajstić information content (AvgIpc) is 2.30. The van der Waals surface area contributed by atoms with E-state index in [-0.39, 0.29) is 24.4 Å². The second-order valence-corrected chi connectivity index (χ2v) is 4.44. The number of benzene rings is 1. The number of piperidine rings is 1. The van der Waals surface area contributed by atoms with Gasteiger partial charge in [-0.15, -0.1) is 12.4 Å². The third-order valence-corrected chi connectivity index (χ3v) is 2.95. The first kappa shape index (κ1) is 14.3. The first-order valence-corrected chi connectivity index (χ1v) is 5.93. The standard InChI is InChI=1S/C12H15ClN2O.ClH/c13-9-4-3-5-10(8-9)15-12(16)11-6-1-2-7-14-11;/h3-5,8,11,14H,1-2,6-7H2,(H,15,16);1H. The predicted molar refractivity (Wildman–Crippen MR) is 73.0 cm³/mol. The number of rotatable bonds is 2. The summed E-state index contributed by atoms with van der Waals surface area (Å²) in [4.78, 5) is 11.9. The summed E-state index contributed by atoms with van der Waals surface area (Å²) in [7, 11) is 0. The van der Waals surface area contributed by atoms with Crippen LogP contribution in [0.5, 0.6) is 0 Å². The maximum atomic E-state index is 11.9. The fraction of sp³-hybridized carbons (Fsp3) is 0.417. The Morgan fingerprint density at radius 3 is 2.88 bits per heavy atom. The minimum atomic E-state index is -0.0623. The van der Waals surface area contributed by atoms with E-state index in [9.17, 15) is 4.79 Å². The lowest BCUT2D eigenvalue weighted by Gasteiger charge is -2.22. The van der Waals surface area contributed by atoms with Crippen LogP contribution in [0.15, 0.2) is 24.3 Å². The van der Waals surface area contributed by atoms with Crippen molar-refractivity contribution in [1.82, 2.24) is 5.32 Å². The summed E-state index contributed by atoms with van der Waals surface area (Å²) in [6.45, 7) is 0.924. The molecule has 1 aromatic carbocycles. The van der Waals surface area contributed by atoms with E-state index in [4.69, 9.17) is 11.6 Å². The van der Waals surface area contributed by atoms with E-state index in [0.717, 1.165) is 31.5 Å². The van der Waals surface area contributed by atoms with Gasteiger partial charge in [0.2, 0.25) is 5.91 Å². The van der Waals surface area contributed by atoms with Crippen LogP contribution in [0.4, 0.5) is 5.69 Å². The van der Waals surface area contributed by atoms with Gasteiger partial charge in [0, 0.05) is 10.7 Å². The first-order chi connectivity index (χ1) is 7.75. The zero-order valence-corrected chi connectivity index (χ0v) is 11.0. The molecule has 2 N–H and O–H groups in total. The maximum absolute atomic E-state index is 11.9. The van der Waals surface area contributed by atoms with Gasteiger partial charge in [0.25, 0.3) is 0 Å². The fourth-order valence-corrected chi connectivity index (χ4v) is 2.06. The van der Waals surface area contributed by atoms with Crippen LogP contribution in [0, 0.1) is 0 Å². The number of anilines is 1. The summed E-state index contributed by atoms with van der Waals surface area (Å²) >= 11 is 5.85. The van der Waals surface area contributed by atoms with E-state index in [2.05, 4.69) is 10.6 Å². The Kier molecular flexibility index (Phi) is 5.75. The van der Waals surface area contributed by atoms with Crippen molar-refractivity contribution in [3.8, 4) is 0 Å². The number of carbonyl (C=O) groups excluding carboxylic acids is 1. The zero-order valence-electron chi connectivity index (χ0n) is 9.41. The number of halogens is 2. The SMILES string of the molecule is Cl.O=C(Nc1cccc(Cl)c1)C1CCCCN1. The van der Waals surface area contributed by atoms with Crippen molar-refractivity contribution < 1.29 is 4.79 Å². The van der Waals surface area contributed by atoms with Crippen molar-refractivity contribution in [2.45, 2.75) is 25.3 Å². The lowest BCUT2D eigenvalue weighted by atomic mass is 10.0. The second-order valence-electron chi connectivity index (χ2n) is 4.00. The molecular formula is C12H16Cl2N2O. The molecule has 94 valence electrons. The van der Waals surface area contributed by atoms with Crippen molar-refractivity contribution in [2.75, 3.05) is 11.9 Å². The fourth-order valence-electron chi connectivity index (χ4n) is 1.87. The molecule has 1 saturated heterocycles. The van der Waals surface area contributed by atoms with E-state index in [1.165, 1.54) is 0 Å². The second kappa shape index (κ2) is 6.84. The van der Waals surface area contributed by atoms with Crippen LogP contribution in [0.1, 0.15) is 19.3 Å². The molecule has 0 aromatic heterocycles. The molecule has 5 heteroatoms. The Morgan fingerprint density at radius 1 is 1.41 bits per heavy atom. The van der Waals surface area contributed by atoms with E-state index in [1.807, 2.05) is 12.1 Å². The normalized spacial score (nSPS) is 19.2. The van der Waals surface area contributed by atoms with Crippen molar-refractivity contribution >= 4 is 35.6 Å². The topological polar surface area (TPSA) is 41.1 Å². The molecule has 0 spiro atoms. The number of carbonyl (C=O) groups is 1. The van der Waals surface area contributed by atoms with E-state index < -0.39 is 0 Å². The third-order valence-electron chi connectivity index (χ3n) is 2.72. The van der Waals surface area contributed by atoms with Crippen LogP contribution in [0.25, 0.3) is 0 Å². The minimum absolute atomic E-state index is 0. The summed E-state index contributed by atoms with van der Waals surface area (Å²) < 4.78 is 0. The minimum Gasteiger partial charge on any atom is -0.325 e. The van der Waals surface area contributed by atoms with Crippen LogP contribution in [0.3, 0.4) is 0 Å². The van der Waals surface area contributed by atoms with Gasteiger partial charge >= 0.3 is 0 Å². The lowest BCUT2D eigenvalue weighted by Crippen LogP contribution is -2.43. The number of hydrogen-bond acceptors (Lipinski definition) is 2. The smallest absolute Gasteiger partial charge is 0.241 e. The summed E-state index contributed by atoms with van der Waals surface area (Å²) in [6.07, 6.45) is 3.17. The Labute approximate surface area is 112 Å². The van der Waals surface area contributed by atoms with Gasteiger partial charge in [-0.1, -0.05) is 24.1 Å². The van der Waals surface area contributed by atoms with Gasteiger partial charge in [0.05, 0.1) is 6.04 Å². The van der Waals surface area contributed by atoms with E-state index in [1.54, 1.807) is 12.1 Å². The van der Waals surface area contributed by atoms with Gasteiger partial charge < -0.3 is 10.6 Å². The van der Waals surface area contributed by atoms with E-state index >= 15 is 0 Å². The summed E-state index contributed by atoms with van der Waals surface area (Å²) in [5.41, 5.74) is 0.755. The number of amides is 1. The van der Waals surface area contributed by atoms with Gasteiger partial charge in [-0.2, -0.15) is 0 Å². The molecule has 0 saturated carbocycles. The number of nitrogens with one attached hydrogen (secondary N) is 2. The van der Waals surface area contributed by atoms with Gasteiger partial charge in [-0.25, -0.2) is 0 Å². The molecule has 1 atom stereocenters. The largest absolute Gasteiger partial charge is 0.325 e. The molecule has 1 aliphatic heterocycles. The molecule has 3 nitrogen and oxygen atoms in total. The highest BCUT2D eigenvalue weighted by molar-refractivity contribution is 6.30. The zero-order chi connectivity index (χ0) is 11.4. The molecular weight excluding hydrogens is 259 g/mol. The molecule has 0 radical (unpaired) electrons. The Bertz CT molecular complexity index is 379. The van der Waals surface area contributed by atoms with Gasteiger partial charge in [-0.05, 0) is 37.6 Å². The van der Waals surface area contributed by atoms with Crippen molar-refractivity contribution in [2.24, 2.45) is 0 Å². The highest BCUT2D eigenvalue weighted by atomic mass is 35.5. The third kappa shape index (κ3) is 4.19. The molecule has 1 fully saturated rings. The quantitative estimate of drug-likeness (QED) is 0.871. The highest BCUT2D eigenvalue weighted by Crippen LogP contribution is 2.16. The van der Waals surface area contributed by atoms with E-state index in [0.29, 0.717) is 5.02 Å². The summed E-state index contributed by atoms with van der Waals surface area (Å²) in [5, 5.41) is 6.71. The molecule has 1 amide bonds. The molecule has 1 unspecified atom stereocenters. The predicted octanol–water partition coefficient (Wildman–Crippen LogP) is 2.84. The van der Waals surface area contributed by atoms with Crippen LogP contribution in [0.2, 0.25) is 5.02 Å². The monoisotopic (exact) mass is 274 g/mol. The van der Waals surface area contributed by atoms with Crippen LogP contribution in [-0.4, -0.2) is 18.5 Å². The molecule has 17 heavy (non-hydrogen) atoms.